The van der Waals surface area contributed by atoms with Crippen LogP contribution in [0.4, 0.5) is 4.39 Å². The molecule has 0 aliphatic carbocycles. The van der Waals surface area contributed by atoms with Gasteiger partial charge in [-0.3, -0.25) is 0 Å². The second kappa shape index (κ2) is 5.66. The molecule has 4 heteroatoms. The van der Waals surface area contributed by atoms with E-state index in [1.807, 2.05) is 13.8 Å². The third kappa shape index (κ3) is 3.18. The first-order valence-corrected chi connectivity index (χ1v) is 8.23. The van der Waals surface area contributed by atoms with Crippen molar-refractivity contribution in [3.63, 3.8) is 0 Å². The normalized spacial score (nSPS) is 22.2. The fourth-order valence-corrected chi connectivity index (χ4v) is 4.12. The molecule has 1 heterocycles. The first kappa shape index (κ1) is 15.8. The Balaban J connectivity index is 2.33. The quantitative estimate of drug-likeness (QED) is 0.779. The molecule has 1 saturated heterocycles. The van der Waals surface area contributed by atoms with Gasteiger partial charge in [0.25, 0.3) is 0 Å². The van der Waals surface area contributed by atoms with Crippen molar-refractivity contribution in [3.05, 3.63) is 28.8 Å². The van der Waals surface area contributed by atoms with Crippen molar-refractivity contribution in [3.8, 4) is 0 Å². The molecule has 112 valence electrons. The molecular weight excluding hydrogens is 273 g/mol. The molecule has 1 aromatic carbocycles. The second-order valence-corrected chi connectivity index (χ2v) is 8.14. The predicted octanol–water partition coefficient (Wildman–Crippen LogP) is 3.67. The third-order valence-corrected chi connectivity index (χ3v) is 5.62. The number of nitrogens with zero attached hydrogens (tertiary/aromatic N) is 1. The highest BCUT2D eigenvalue weighted by Gasteiger charge is 2.34. The van der Waals surface area contributed by atoms with E-state index in [0.717, 1.165) is 16.0 Å². The van der Waals surface area contributed by atoms with Gasteiger partial charge in [-0.1, -0.05) is 32.9 Å². The molecular formula is C16H24FNOS. The van der Waals surface area contributed by atoms with Gasteiger partial charge in [0.2, 0.25) is 0 Å². The van der Waals surface area contributed by atoms with Crippen LogP contribution in [0.5, 0.6) is 0 Å². The van der Waals surface area contributed by atoms with Gasteiger partial charge in [-0.15, -0.1) is 4.31 Å². The molecule has 1 aliphatic rings. The molecule has 2 nitrogen and oxygen atoms in total. The summed E-state index contributed by atoms with van der Waals surface area (Å²) in [5.74, 6) is 0. The summed E-state index contributed by atoms with van der Waals surface area (Å²) in [5, 5.41) is 0. The van der Waals surface area contributed by atoms with Crippen LogP contribution in [0.25, 0.3) is 0 Å². The van der Waals surface area contributed by atoms with Crippen molar-refractivity contribution >= 4 is 11.4 Å². The van der Waals surface area contributed by atoms with E-state index in [1.54, 1.807) is 4.31 Å². The van der Waals surface area contributed by atoms with Crippen molar-refractivity contribution < 1.29 is 8.94 Å². The van der Waals surface area contributed by atoms with Crippen molar-refractivity contribution in [2.24, 2.45) is 0 Å². The second-order valence-electron chi connectivity index (χ2n) is 6.71. The van der Waals surface area contributed by atoms with E-state index < -0.39 is 17.5 Å². The van der Waals surface area contributed by atoms with Gasteiger partial charge in [-0.25, -0.2) is 4.39 Å². The number of hydrogen-bond donors (Lipinski definition) is 0. The molecule has 0 bridgehead atoms. The SMILES string of the molecule is Cc1cc(C(C)(C)C)cc(C)c1[S+]([O-])N1CCC(F)C1. The highest BCUT2D eigenvalue weighted by atomic mass is 32.2. The lowest BCUT2D eigenvalue weighted by Gasteiger charge is -2.25. The Morgan fingerprint density at radius 2 is 1.80 bits per heavy atom. The van der Waals surface area contributed by atoms with Gasteiger partial charge in [0.05, 0.1) is 17.9 Å². The van der Waals surface area contributed by atoms with Gasteiger partial charge >= 0.3 is 0 Å². The van der Waals surface area contributed by atoms with Crippen molar-refractivity contribution in [1.29, 1.82) is 0 Å². The molecule has 1 aromatic rings. The summed E-state index contributed by atoms with van der Waals surface area (Å²) in [6.07, 6.45) is -0.349. The maximum atomic E-state index is 13.3. The highest BCUT2D eigenvalue weighted by molar-refractivity contribution is 7.89. The van der Waals surface area contributed by atoms with Crippen molar-refractivity contribution in [2.75, 3.05) is 13.1 Å². The molecule has 20 heavy (non-hydrogen) atoms. The lowest BCUT2D eigenvalue weighted by atomic mass is 9.85. The van der Waals surface area contributed by atoms with Crippen LogP contribution in [0.15, 0.2) is 17.0 Å². The van der Waals surface area contributed by atoms with E-state index in [2.05, 4.69) is 32.9 Å². The fraction of sp³-hybridized carbons (Fsp3) is 0.625. The lowest BCUT2D eigenvalue weighted by molar-refractivity contribution is 0.343. The number of rotatable bonds is 2. The number of aryl methyl sites for hydroxylation is 2. The van der Waals surface area contributed by atoms with E-state index in [9.17, 15) is 8.94 Å². The van der Waals surface area contributed by atoms with Crippen molar-refractivity contribution in [1.82, 2.24) is 4.31 Å². The van der Waals surface area contributed by atoms with Crippen molar-refractivity contribution in [2.45, 2.75) is 57.5 Å². The van der Waals surface area contributed by atoms with Gasteiger partial charge in [-0.05, 0) is 31.2 Å². The van der Waals surface area contributed by atoms with Crippen LogP contribution in [-0.4, -0.2) is 28.1 Å². The first-order chi connectivity index (χ1) is 9.20. The summed E-state index contributed by atoms with van der Waals surface area (Å²) in [5.41, 5.74) is 3.40. The summed E-state index contributed by atoms with van der Waals surface area (Å²) in [7, 11) is 0. The standard InChI is InChI=1S/C16H24FNOS/c1-11-8-13(16(3,4)5)9-12(2)15(11)20(19)18-7-6-14(17)10-18/h8-9,14H,6-7,10H2,1-5H3. The minimum atomic E-state index is -1.24. The topological polar surface area (TPSA) is 26.3 Å². The molecule has 0 spiro atoms. The Labute approximate surface area is 124 Å². The summed E-state index contributed by atoms with van der Waals surface area (Å²) >= 11 is -1.24. The Bertz CT molecular complexity index is 475. The first-order valence-electron chi connectivity index (χ1n) is 7.13. The minimum Gasteiger partial charge on any atom is -0.593 e. The number of halogens is 1. The van der Waals surface area contributed by atoms with Gasteiger partial charge in [0.1, 0.15) is 6.17 Å². The molecule has 0 N–H and O–H groups in total. The Morgan fingerprint density at radius 1 is 1.25 bits per heavy atom. The predicted molar refractivity (Wildman–Crippen MR) is 82.1 cm³/mol. The number of benzene rings is 1. The van der Waals surface area contributed by atoms with E-state index in [1.165, 1.54) is 5.56 Å². The molecule has 0 amide bonds. The molecule has 1 fully saturated rings. The van der Waals surface area contributed by atoms with E-state index in [0.29, 0.717) is 13.0 Å². The highest BCUT2D eigenvalue weighted by Crippen LogP contribution is 2.32. The van der Waals surface area contributed by atoms with Crippen LogP contribution in [0.2, 0.25) is 0 Å². The summed E-state index contributed by atoms with van der Waals surface area (Å²) in [6, 6.07) is 4.23. The molecule has 0 aromatic heterocycles. The Morgan fingerprint density at radius 3 is 2.20 bits per heavy atom. The summed E-state index contributed by atoms with van der Waals surface area (Å²) in [6.45, 7) is 11.4. The van der Waals surface area contributed by atoms with Crippen LogP contribution < -0.4 is 0 Å². The van der Waals surface area contributed by atoms with Crippen LogP contribution in [0.3, 0.4) is 0 Å². The molecule has 0 radical (unpaired) electrons. The van der Waals surface area contributed by atoms with Crippen LogP contribution >= 0.6 is 0 Å². The zero-order chi connectivity index (χ0) is 15.1. The van der Waals surface area contributed by atoms with E-state index in [-0.39, 0.29) is 12.0 Å². The summed E-state index contributed by atoms with van der Waals surface area (Å²) < 4.78 is 27.7. The maximum Gasteiger partial charge on any atom is 0.179 e. The minimum absolute atomic E-state index is 0.0766. The molecule has 2 unspecified atom stereocenters. The Kier molecular flexibility index (Phi) is 4.47. The van der Waals surface area contributed by atoms with Gasteiger partial charge in [0, 0.05) is 17.7 Å². The average molecular weight is 297 g/mol. The third-order valence-electron chi connectivity index (χ3n) is 3.83. The number of alkyl halides is 1. The largest absolute Gasteiger partial charge is 0.593 e. The average Bonchev–Trinajstić information content (AvgIpc) is 2.73. The lowest BCUT2D eigenvalue weighted by Crippen LogP contribution is -2.30. The molecule has 0 saturated carbocycles. The zero-order valence-electron chi connectivity index (χ0n) is 13.0. The van der Waals surface area contributed by atoms with Gasteiger partial charge in [-0.2, -0.15) is 0 Å². The van der Waals surface area contributed by atoms with Gasteiger partial charge < -0.3 is 4.55 Å². The zero-order valence-corrected chi connectivity index (χ0v) is 13.8. The molecule has 2 atom stereocenters. The summed E-state index contributed by atoms with van der Waals surface area (Å²) in [4.78, 5) is 0.854. The Hall–Kier alpha value is -0.580. The molecule has 2 rings (SSSR count). The van der Waals surface area contributed by atoms with E-state index >= 15 is 0 Å². The monoisotopic (exact) mass is 297 g/mol. The van der Waals surface area contributed by atoms with Gasteiger partial charge in [0.15, 0.2) is 4.90 Å². The smallest absolute Gasteiger partial charge is 0.179 e. The van der Waals surface area contributed by atoms with E-state index in [4.69, 9.17) is 0 Å². The molecule has 1 aliphatic heterocycles. The van der Waals surface area contributed by atoms with Crippen LogP contribution in [0, 0.1) is 13.8 Å². The maximum absolute atomic E-state index is 13.3. The van der Waals surface area contributed by atoms with Crippen LogP contribution in [0.1, 0.15) is 43.9 Å². The van der Waals surface area contributed by atoms with Crippen LogP contribution in [-0.2, 0) is 16.8 Å². The fourth-order valence-electron chi connectivity index (χ4n) is 2.63. The number of hydrogen-bond acceptors (Lipinski definition) is 2.